The Kier molecular flexibility index (Phi) is 3.84. The first-order valence-corrected chi connectivity index (χ1v) is 6.57. The molecular weight excluding hydrogens is 252 g/mol. The minimum atomic E-state index is 0.683. The van der Waals surface area contributed by atoms with Crippen LogP contribution >= 0.6 is 0 Å². The number of hydrogen-bond acceptors (Lipinski definition) is 4. The lowest BCUT2D eigenvalue weighted by Gasteiger charge is -2.04. The number of nitrogens with zero attached hydrogens (tertiary/aromatic N) is 4. The molecule has 1 aromatic carbocycles. The van der Waals surface area contributed by atoms with Gasteiger partial charge in [0.15, 0.2) is 0 Å². The third kappa shape index (κ3) is 2.92. The van der Waals surface area contributed by atoms with E-state index in [1.807, 2.05) is 47.3 Å². The summed E-state index contributed by atoms with van der Waals surface area (Å²) in [5, 5.41) is 18.6. The molecule has 0 spiro atoms. The Morgan fingerprint density at radius 3 is 2.80 bits per heavy atom. The van der Waals surface area contributed by atoms with Crippen molar-refractivity contribution in [3.63, 3.8) is 0 Å². The van der Waals surface area contributed by atoms with Gasteiger partial charge in [-0.3, -0.25) is 4.68 Å². The molecule has 102 valence electrons. The van der Waals surface area contributed by atoms with Crippen molar-refractivity contribution in [1.82, 2.24) is 30.5 Å². The van der Waals surface area contributed by atoms with Crippen LogP contribution in [0.5, 0.6) is 0 Å². The van der Waals surface area contributed by atoms with Crippen LogP contribution < -0.4 is 5.32 Å². The average Bonchev–Trinajstić information content (AvgIpc) is 3.16. The molecule has 0 saturated heterocycles. The van der Waals surface area contributed by atoms with E-state index in [9.17, 15) is 0 Å². The van der Waals surface area contributed by atoms with Gasteiger partial charge in [0.2, 0.25) is 0 Å². The van der Waals surface area contributed by atoms with Crippen LogP contribution in [0.15, 0.2) is 48.8 Å². The van der Waals surface area contributed by atoms with Gasteiger partial charge in [0.1, 0.15) is 11.4 Å². The average molecular weight is 268 g/mol. The van der Waals surface area contributed by atoms with E-state index in [0.717, 1.165) is 30.0 Å². The Hall–Kier alpha value is -2.47. The fourth-order valence-electron chi connectivity index (χ4n) is 2.04. The summed E-state index contributed by atoms with van der Waals surface area (Å²) in [7, 11) is 0. The molecule has 0 fully saturated rings. The van der Waals surface area contributed by atoms with Crippen molar-refractivity contribution in [2.75, 3.05) is 6.54 Å². The summed E-state index contributed by atoms with van der Waals surface area (Å²) in [6, 6.07) is 12.0. The molecular formula is C14H16N6. The number of rotatable bonds is 6. The zero-order chi connectivity index (χ0) is 13.6. The van der Waals surface area contributed by atoms with Gasteiger partial charge in [0.05, 0.1) is 6.54 Å². The van der Waals surface area contributed by atoms with E-state index in [1.54, 1.807) is 6.20 Å². The lowest BCUT2D eigenvalue weighted by Crippen LogP contribution is -2.20. The van der Waals surface area contributed by atoms with Crippen molar-refractivity contribution in [3.05, 3.63) is 54.5 Å². The van der Waals surface area contributed by atoms with Crippen molar-refractivity contribution in [2.45, 2.75) is 13.1 Å². The van der Waals surface area contributed by atoms with Crippen LogP contribution in [0.4, 0.5) is 0 Å². The normalized spacial score (nSPS) is 10.8. The summed E-state index contributed by atoms with van der Waals surface area (Å²) in [5.74, 6) is 0. The molecule has 0 radical (unpaired) electrons. The van der Waals surface area contributed by atoms with Gasteiger partial charge in [-0.2, -0.15) is 20.5 Å². The first kappa shape index (κ1) is 12.6. The van der Waals surface area contributed by atoms with Gasteiger partial charge in [0, 0.05) is 31.0 Å². The van der Waals surface area contributed by atoms with Gasteiger partial charge < -0.3 is 5.32 Å². The van der Waals surface area contributed by atoms with Crippen molar-refractivity contribution in [3.8, 4) is 11.3 Å². The van der Waals surface area contributed by atoms with Gasteiger partial charge >= 0.3 is 0 Å². The van der Waals surface area contributed by atoms with Crippen LogP contribution in [0.3, 0.4) is 0 Å². The number of aromatic nitrogens is 5. The molecule has 2 aromatic heterocycles. The van der Waals surface area contributed by atoms with E-state index < -0.39 is 0 Å². The maximum Gasteiger partial charge on any atom is 0.117 e. The molecule has 0 bridgehead atoms. The topological polar surface area (TPSA) is 71.4 Å². The fourth-order valence-corrected chi connectivity index (χ4v) is 2.04. The summed E-state index contributed by atoms with van der Waals surface area (Å²) in [6.07, 6.45) is 3.73. The summed E-state index contributed by atoms with van der Waals surface area (Å²) >= 11 is 0. The van der Waals surface area contributed by atoms with E-state index >= 15 is 0 Å². The van der Waals surface area contributed by atoms with Crippen molar-refractivity contribution >= 4 is 0 Å². The highest BCUT2D eigenvalue weighted by Crippen LogP contribution is 2.18. The highest BCUT2D eigenvalue weighted by atomic mass is 15.3. The highest BCUT2D eigenvalue weighted by molar-refractivity contribution is 5.60. The summed E-state index contributed by atoms with van der Waals surface area (Å²) in [6.45, 7) is 2.36. The number of nitrogens with one attached hydrogen (secondary N) is 2. The molecule has 0 atom stereocenters. The summed E-state index contributed by atoms with van der Waals surface area (Å²) in [5.41, 5.74) is 2.90. The lowest BCUT2D eigenvalue weighted by atomic mass is 10.1. The van der Waals surface area contributed by atoms with Crippen LogP contribution in [-0.2, 0) is 13.1 Å². The van der Waals surface area contributed by atoms with Crippen molar-refractivity contribution in [2.24, 2.45) is 0 Å². The van der Waals surface area contributed by atoms with E-state index in [4.69, 9.17) is 0 Å². The molecule has 0 saturated carbocycles. The Labute approximate surface area is 116 Å². The van der Waals surface area contributed by atoms with Crippen LogP contribution in [0.1, 0.15) is 5.69 Å². The molecule has 6 heteroatoms. The quantitative estimate of drug-likeness (QED) is 0.664. The van der Waals surface area contributed by atoms with Crippen LogP contribution in [0, 0.1) is 0 Å². The maximum absolute atomic E-state index is 4.22. The molecule has 2 N–H and O–H groups in total. The van der Waals surface area contributed by atoms with Crippen LogP contribution in [0.2, 0.25) is 0 Å². The molecule has 3 rings (SSSR count). The van der Waals surface area contributed by atoms with E-state index in [2.05, 4.69) is 25.8 Å². The van der Waals surface area contributed by atoms with Crippen LogP contribution in [-0.4, -0.2) is 31.7 Å². The Morgan fingerprint density at radius 1 is 1.10 bits per heavy atom. The van der Waals surface area contributed by atoms with Crippen molar-refractivity contribution in [1.29, 1.82) is 0 Å². The largest absolute Gasteiger partial charge is 0.309 e. The molecule has 0 unspecified atom stereocenters. The number of hydrogen-bond donors (Lipinski definition) is 2. The second-order valence-electron chi connectivity index (χ2n) is 4.43. The fraction of sp³-hybridized carbons (Fsp3) is 0.214. The second kappa shape index (κ2) is 6.12. The van der Waals surface area contributed by atoms with E-state index in [0.29, 0.717) is 6.54 Å². The second-order valence-corrected chi connectivity index (χ2v) is 4.43. The first-order valence-electron chi connectivity index (χ1n) is 6.57. The molecule has 3 aromatic rings. The Morgan fingerprint density at radius 2 is 2.00 bits per heavy atom. The van der Waals surface area contributed by atoms with Gasteiger partial charge in [-0.15, -0.1) is 0 Å². The number of benzene rings is 1. The zero-order valence-corrected chi connectivity index (χ0v) is 11.0. The standard InChI is InChI=1S/C14H16N6/c1-2-5-12(6-3-1)14-13(17-19-18-14)11-15-8-10-20-9-4-7-16-20/h1-7,9,15H,8,10-11H2,(H,17,18,19). The Bertz CT molecular complexity index is 629. The predicted molar refractivity (Wildman–Crippen MR) is 75.8 cm³/mol. The molecule has 0 aliphatic heterocycles. The zero-order valence-electron chi connectivity index (χ0n) is 11.0. The lowest BCUT2D eigenvalue weighted by molar-refractivity contribution is 0.551. The van der Waals surface area contributed by atoms with Gasteiger partial charge in [-0.25, -0.2) is 0 Å². The van der Waals surface area contributed by atoms with Crippen molar-refractivity contribution < 1.29 is 0 Å². The third-order valence-electron chi connectivity index (χ3n) is 3.04. The monoisotopic (exact) mass is 268 g/mol. The number of aromatic amines is 1. The van der Waals surface area contributed by atoms with Gasteiger partial charge in [0.25, 0.3) is 0 Å². The molecule has 0 aliphatic rings. The first-order chi connectivity index (χ1) is 9.93. The van der Waals surface area contributed by atoms with Gasteiger partial charge in [-0.1, -0.05) is 30.3 Å². The molecule has 0 aliphatic carbocycles. The highest BCUT2D eigenvalue weighted by Gasteiger charge is 2.08. The minimum Gasteiger partial charge on any atom is -0.309 e. The molecule has 6 nitrogen and oxygen atoms in total. The summed E-state index contributed by atoms with van der Waals surface area (Å²) < 4.78 is 1.90. The number of H-pyrrole nitrogens is 1. The minimum absolute atomic E-state index is 0.683. The smallest absolute Gasteiger partial charge is 0.117 e. The van der Waals surface area contributed by atoms with E-state index in [1.165, 1.54) is 0 Å². The molecule has 0 amide bonds. The molecule has 2 heterocycles. The van der Waals surface area contributed by atoms with Crippen LogP contribution in [0.25, 0.3) is 11.3 Å². The maximum atomic E-state index is 4.22. The SMILES string of the molecule is c1ccc(-c2n[nH]nc2CNCCn2cccn2)cc1. The van der Waals surface area contributed by atoms with E-state index in [-0.39, 0.29) is 0 Å². The summed E-state index contributed by atoms with van der Waals surface area (Å²) in [4.78, 5) is 0. The predicted octanol–water partition coefficient (Wildman–Crippen LogP) is 1.46. The molecule has 20 heavy (non-hydrogen) atoms. The third-order valence-corrected chi connectivity index (χ3v) is 3.04. The Balaban J connectivity index is 1.57. The van der Waals surface area contributed by atoms with Gasteiger partial charge in [-0.05, 0) is 6.07 Å².